The van der Waals surface area contributed by atoms with Crippen molar-refractivity contribution in [1.29, 1.82) is 0 Å². The minimum absolute atomic E-state index is 0.0231. The molecule has 1 saturated heterocycles. The fraction of sp³-hybridized carbons (Fsp3) is 0.385. The molecule has 0 unspecified atom stereocenters. The predicted molar refractivity (Wildman–Crippen MR) is 70.8 cm³/mol. The second-order valence-electron chi connectivity index (χ2n) is 5.19. The summed E-state index contributed by atoms with van der Waals surface area (Å²) in [5, 5.41) is 9.80. The summed E-state index contributed by atoms with van der Waals surface area (Å²) in [5.41, 5.74) is 1.35. The van der Waals surface area contributed by atoms with E-state index in [1.54, 1.807) is 17.0 Å². The average molecular weight is 281 g/mol. The molecule has 0 atom stereocenters. The zero-order chi connectivity index (χ0) is 13.8. The Hall–Kier alpha value is -1.75. The quantitative estimate of drug-likeness (QED) is 0.790. The molecule has 0 saturated carbocycles. The molecule has 6 heteroatoms. The van der Waals surface area contributed by atoms with Gasteiger partial charge in [0.2, 0.25) is 5.91 Å². The van der Waals surface area contributed by atoms with Crippen LogP contribution in [0.5, 0.6) is 0 Å². The van der Waals surface area contributed by atoms with Crippen molar-refractivity contribution in [2.75, 3.05) is 24.5 Å². The molecule has 1 aromatic carbocycles. The number of benzene rings is 1. The zero-order valence-electron chi connectivity index (χ0n) is 10.4. The number of hydrogen-bond acceptors (Lipinski definition) is 2. The summed E-state index contributed by atoms with van der Waals surface area (Å²) >= 11 is 5.94. The zero-order valence-corrected chi connectivity index (χ0v) is 11.1. The van der Waals surface area contributed by atoms with Crippen LogP contribution in [0.15, 0.2) is 18.2 Å². The molecular weight excluding hydrogens is 268 g/mol. The Kier molecular flexibility index (Phi) is 2.50. The van der Waals surface area contributed by atoms with Crippen molar-refractivity contribution in [2.45, 2.75) is 12.3 Å². The van der Waals surface area contributed by atoms with Gasteiger partial charge in [0.1, 0.15) is 0 Å². The normalized spacial score (nSPS) is 19.3. The van der Waals surface area contributed by atoms with Crippen molar-refractivity contribution in [3.8, 4) is 0 Å². The fourth-order valence-corrected chi connectivity index (χ4v) is 3.16. The number of fused-ring (bicyclic) bond motifs is 2. The maximum absolute atomic E-state index is 11.3. The van der Waals surface area contributed by atoms with Gasteiger partial charge in [-0.15, -0.1) is 0 Å². The lowest BCUT2D eigenvalue weighted by Gasteiger charge is -2.47. The van der Waals surface area contributed by atoms with Gasteiger partial charge in [-0.1, -0.05) is 17.7 Å². The number of likely N-dealkylation sites (tertiary alicyclic amines) is 1. The molecule has 0 aromatic heterocycles. The van der Waals surface area contributed by atoms with E-state index in [0.29, 0.717) is 30.3 Å². The Morgan fingerprint density at radius 3 is 2.58 bits per heavy atom. The SMILES string of the molecule is CC(=O)N1CC2(C1)CN(C(=O)O)c1cc(Cl)ccc12. The Labute approximate surface area is 115 Å². The van der Waals surface area contributed by atoms with Crippen LogP contribution in [0.25, 0.3) is 0 Å². The summed E-state index contributed by atoms with van der Waals surface area (Å²) in [5.74, 6) is 0.0231. The number of amides is 2. The first-order valence-corrected chi connectivity index (χ1v) is 6.37. The van der Waals surface area contributed by atoms with Crippen LogP contribution in [0.1, 0.15) is 12.5 Å². The molecule has 5 nitrogen and oxygen atoms in total. The second-order valence-corrected chi connectivity index (χ2v) is 5.62. The molecule has 1 spiro atoms. The lowest BCUT2D eigenvalue weighted by atomic mass is 9.75. The molecule has 0 aliphatic carbocycles. The third kappa shape index (κ3) is 1.69. The molecule has 1 N–H and O–H groups in total. The highest BCUT2D eigenvalue weighted by atomic mass is 35.5. The van der Waals surface area contributed by atoms with Gasteiger partial charge in [-0.25, -0.2) is 4.79 Å². The van der Waals surface area contributed by atoms with E-state index in [9.17, 15) is 14.7 Å². The van der Waals surface area contributed by atoms with Crippen molar-refractivity contribution < 1.29 is 14.7 Å². The molecule has 2 aliphatic heterocycles. The van der Waals surface area contributed by atoms with Gasteiger partial charge in [-0.2, -0.15) is 0 Å². The molecule has 2 amide bonds. The number of hydrogen-bond donors (Lipinski definition) is 1. The molecule has 1 aromatic rings. The summed E-state index contributed by atoms with van der Waals surface area (Å²) < 4.78 is 0. The van der Waals surface area contributed by atoms with Crippen LogP contribution in [0.4, 0.5) is 10.5 Å². The number of rotatable bonds is 0. The third-order valence-electron chi connectivity index (χ3n) is 3.95. The molecule has 0 bridgehead atoms. The van der Waals surface area contributed by atoms with E-state index in [1.165, 1.54) is 11.8 Å². The first-order chi connectivity index (χ1) is 8.93. The summed E-state index contributed by atoms with van der Waals surface area (Å²) in [7, 11) is 0. The maximum atomic E-state index is 11.3. The van der Waals surface area contributed by atoms with Crippen LogP contribution < -0.4 is 4.90 Å². The van der Waals surface area contributed by atoms with Crippen molar-refractivity contribution in [3.63, 3.8) is 0 Å². The van der Waals surface area contributed by atoms with Gasteiger partial charge in [0.25, 0.3) is 0 Å². The number of anilines is 1. The van der Waals surface area contributed by atoms with E-state index in [2.05, 4.69) is 0 Å². The van der Waals surface area contributed by atoms with Crippen LogP contribution in [0, 0.1) is 0 Å². The van der Waals surface area contributed by atoms with Gasteiger partial charge in [0, 0.05) is 31.6 Å². The van der Waals surface area contributed by atoms with Crippen molar-refractivity contribution in [2.24, 2.45) is 0 Å². The van der Waals surface area contributed by atoms with Crippen molar-refractivity contribution in [1.82, 2.24) is 4.90 Å². The van der Waals surface area contributed by atoms with E-state index in [0.717, 1.165) is 5.56 Å². The molecule has 0 radical (unpaired) electrons. The molecule has 3 rings (SSSR count). The molecular formula is C13H13ClN2O3. The van der Waals surface area contributed by atoms with Crippen molar-refractivity contribution in [3.05, 3.63) is 28.8 Å². The molecule has 2 aliphatic rings. The Morgan fingerprint density at radius 2 is 2.00 bits per heavy atom. The number of halogens is 1. The fourth-order valence-electron chi connectivity index (χ4n) is 3.00. The highest BCUT2D eigenvalue weighted by Crippen LogP contribution is 2.47. The summed E-state index contributed by atoms with van der Waals surface area (Å²) in [6.45, 7) is 3.06. The van der Waals surface area contributed by atoms with Gasteiger partial charge < -0.3 is 10.0 Å². The van der Waals surface area contributed by atoms with Crippen LogP contribution in [0.2, 0.25) is 5.02 Å². The van der Waals surface area contributed by atoms with Crippen LogP contribution >= 0.6 is 11.6 Å². The Morgan fingerprint density at radius 1 is 1.32 bits per heavy atom. The number of carbonyl (C=O) groups is 2. The van der Waals surface area contributed by atoms with E-state index in [1.807, 2.05) is 6.07 Å². The standard InChI is InChI=1S/C13H13ClN2O3/c1-8(17)15-5-13(6-15)7-16(12(18)19)11-4-9(14)2-3-10(11)13/h2-4H,5-7H2,1H3,(H,18,19). The third-order valence-corrected chi connectivity index (χ3v) is 4.18. The average Bonchev–Trinajstić information content (AvgIpc) is 2.61. The molecule has 19 heavy (non-hydrogen) atoms. The Bertz CT molecular complexity index is 581. The second kappa shape index (κ2) is 3.87. The highest BCUT2D eigenvalue weighted by molar-refractivity contribution is 6.31. The van der Waals surface area contributed by atoms with E-state index in [-0.39, 0.29) is 11.3 Å². The summed E-state index contributed by atoms with van der Waals surface area (Å²) in [6.07, 6.45) is -0.985. The van der Waals surface area contributed by atoms with Crippen LogP contribution in [-0.4, -0.2) is 41.6 Å². The lowest BCUT2D eigenvalue weighted by Crippen LogP contribution is -2.62. The number of nitrogens with zero attached hydrogens (tertiary/aromatic N) is 2. The van der Waals surface area contributed by atoms with Crippen LogP contribution in [-0.2, 0) is 10.2 Å². The molecule has 100 valence electrons. The summed E-state index contributed by atoms with van der Waals surface area (Å²) in [6, 6.07) is 5.32. The van der Waals surface area contributed by atoms with E-state index >= 15 is 0 Å². The number of carboxylic acid groups (broad SMARTS) is 1. The monoisotopic (exact) mass is 280 g/mol. The number of carbonyl (C=O) groups excluding carboxylic acids is 1. The smallest absolute Gasteiger partial charge is 0.411 e. The minimum Gasteiger partial charge on any atom is -0.465 e. The van der Waals surface area contributed by atoms with Crippen molar-refractivity contribution >= 4 is 29.3 Å². The van der Waals surface area contributed by atoms with Gasteiger partial charge in [-0.3, -0.25) is 9.69 Å². The van der Waals surface area contributed by atoms with Gasteiger partial charge in [0.05, 0.1) is 11.1 Å². The van der Waals surface area contributed by atoms with Crippen LogP contribution in [0.3, 0.4) is 0 Å². The van der Waals surface area contributed by atoms with E-state index < -0.39 is 6.09 Å². The van der Waals surface area contributed by atoms with Gasteiger partial charge in [-0.05, 0) is 17.7 Å². The van der Waals surface area contributed by atoms with Gasteiger partial charge in [0.15, 0.2) is 0 Å². The molecule has 1 fully saturated rings. The minimum atomic E-state index is -0.985. The van der Waals surface area contributed by atoms with E-state index in [4.69, 9.17) is 11.6 Å². The largest absolute Gasteiger partial charge is 0.465 e. The first-order valence-electron chi connectivity index (χ1n) is 5.99. The first kappa shape index (κ1) is 12.3. The topological polar surface area (TPSA) is 60.9 Å². The predicted octanol–water partition coefficient (Wildman–Crippen LogP) is 1.94. The molecule has 2 heterocycles. The maximum Gasteiger partial charge on any atom is 0.411 e. The highest BCUT2D eigenvalue weighted by Gasteiger charge is 2.53. The lowest BCUT2D eigenvalue weighted by molar-refractivity contribution is -0.136. The van der Waals surface area contributed by atoms with Gasteiger partial charge >= 0.3 is 6.09 Å². The Balaban J connectivity index is 2.00. The summed E-state index contributed by atoms with van der Waals surface area (Å²) in [4.78, 5) is 25.7.